The number of hydrogen-bond donors (Lipinski definition) is 0. The van der Waals surface area contributed by atoms with Gasteiger partial charge in [-0.25, -0.2) is 14.4 Å². The molecule has 1 aromatic rings. The van der Waals surface area contributed by atoms with Gasteiger partial charge in [0.05, 0.1) is 17.7 Å². The minimum atomic E-state index is -0.373. The number of aryl methyl sites for hydroxylation is 1. The Morgan fingerprint density at radius 2 is 2.18 bits per heavy atom. The van der Waals surface area contributed by atoms with E-state index in [0.29, 0.717) is 31.0 Å². The summed E-state index contributed by atoms with van der Waals surface area (Å²) in [6.45, 7) is 6.66. The summed E-state index contributed by atoms with van der Waals surface area (Å²) in [6.07, 6.45) is 1.91. The van der Waals surface area contributed by atoms with Crippen LogP contribution in [-0.2, 0) is 6.42 Å². The summed E-state index contributed by atoms with van der Waals surface area (Å²) in [5.41, 5.74) is 0.415. The van der Waals surface area contributed by atoms with Gasteiger partial charge in [-0.2, -0.15) is 5.26 Å². The topological polar surface area (TPSA) is 52.8 Å². The van der Waals surface area contributed by atoms with E-state index in [0.717, 1.165) is 0 Å². The third-order valence-corrected chi connectivity index (χ3v) is 2.57. The lowest BCUT2D eigenvalue weighted by Crippen LogP contribution is -2.30. The Morgan fingerprint density at radius 1 is 1.47 bits per heavy atom. The second kappa shape index (κ2) is 6.14. The summed E-state index contributed by atoms with van der Waals surface area (Å²) in [5, 5.41) is 8.79. The number of rotatable bonds is 5. The molecule has 0 spiro atoms. The van der Waals surface area contributed by atoms with Crippen LogP contribution in [0, 0.1) is 23.1 Å². The monoisotopic (exact) mass is 236 g/mol. The fourth-order valence-corrected chi connectivity index (χ4v) is 1.60. The normalized spacial score (nSPS) is 11.9. The zero-order valence-corrected chi connectivity index (χ0v) is 10.4. The maximum absolute atomic E-state index is 14.0. The Morgan fingerprint density at radius 3 is 2.71 bits per heavy atom. The Bertz CT molecular complexity index is 413. The van der Waals surface area contributed by atoms with Gasteiger partial charge in [0.1, 0.15) is 6.33 Å². The van der Waals surface area contributed by atoms with Crippen molar-refractivity contribution in [3.8, 4) is 6.07 Å². The summed E-state index contributed by atoms with van der Waals surface area (Å²) in [4.78, 5) is 9.64. The fourth-order valence-electron chi connectivity index (χ4n) is 1.60. The highest BCUT2D eigenvalue weighted by Gasteiger charge is 2.17. The van der Waals surface area contributed by atoms with Gasteiger partial charge >= 0.3 is 0 Å². The Balaban J connectivity index is 3.00. The van der Waals surface area contributed by atoms with E-state index >= 15 is 0 Å². The van der Waals surface area contributed by atoms with Gasteiger partial charge in [0.25, 0.3) is 0 Å². The van der Waals surface area contributed by atoms with Gasteiger partial charge in [0.15, 0.2) is 11.6 Å². The van der Waals surface area contributed by atoms with Crippen LogP contribution in [0.4, 0.5) is 10.2 Å². The number of nitriles is 1. The molecule has 0 saturated heterocycles. The molecule has 1 heterocycles. The van der Waals surface area contributed by atoms with Gasteiger partial charge in [-0.3, -0.25) is 0 Å². The first-order valence-corrected chi connectivity index (χ1v) is 5.77. The highest BCUT2D eigenvalue weighted by atomic mass is 19.1. The van der Waals surface area contributed by atoms with E-state index in [1.807, 2.05) is 20.8 Å². The second-order valence-electron chi connectivity index (χ2n) is 3.88. The maximum Gasteiger partial charge on any atom is 0.187 e. The van der Waals surface area contributed by atoms with E-state index < -0.39 is 0 Å². The van der Waals surface area contributed by atoms with Gasteiger partial charge in [-0.1, -0.05) is 6.92 Å². The van der Waals surface area contributed by atoms with Crippen molar-refractivity contribution >= 4 is 5.82 Å². The Labute approximate surface area is 101 Å². The SMILES string of the molecule is CCc1ncnc(N(CC)CC(C)C#N)c1F. The maximum atomic E-state index is 14.0. The molecule has 0 aromatic carbocycles. The summed E-state index contributed by atoms with van der Waals surface area (Å²) in [5.74, 6) is -0.238. The first kappa shape index (κ1) is 13.4. The lowest BCUT2D eigenvalue weighted by Gasteiger charge is -2.23. The van der Waals surface area contributed by atoms with Crippen molar-refractivity contribution in [2.45, 2.75) is 27.2 Å². The molecule has 0 saturated carbocycles. The summed E-state index contributed by atoms with van der Waals surface area (Å²) < 4.78 is 14.0. The lowest BCUT2D eigenvalue weighted by molar-refractivity contribution is 0.575. The number of halogens is 1. The van der Waals surface area contributed by atoms with Gasteiger partial charge in [0.2, 0.25) is 0 Å². The van der Waals surface area contributed by atoms with E-state index in [4.69, 9.17) is 5.26 Å². The van der Waals surface area contributed by atoms with Gasteiger partial charge < -0.3 is 4.90 Å². The van der Waals surface area contributed by atoms with Crippen LogP contribution in [0.5, 0.6) is 0 Å². The molecule has 0 aliphatic carbocycles. The number of nitrogens with zero attached hydrogens (tertiary/aromatic N) is 4. The fraction of sp³-hybridized carbons (Fsp3) is 0.583. The molecule has 17 heavy (non-hydrogen) atoms. The Kier molecular flexibility index (Phi) is 4.83. The molecule has 0 fully saturated rings. The standard InChI is InChI=1S/C12H17FN4/c1-4-10-11(13)12(16-8-15-10)17(5-2)7-9(3)6-14/h8-9H,4-5,7H2,1-3H3. The predicted molar refractivity (Wildman–Crippen MR) is 64.0 cm³/mol. The molecule has 0 bridgehead atoms. The van der Waals surface area contributed by atoms with Crippen molar-refractivity contribution in [3.05, 3.63) is 17.8 Å². The van der Waals surface area contributed by atoms with Crippen LogP contribution >= 0.6 is 0 Å². The van der Waals surface area contributed by atoms with Crippen LogP contribution < -0.4 is 4.90 Å². The van der Waals surface area contributed by atoms with Gasteiger partial charge in [0, 0.05) is 13.1 Å². The molecule has 0 aliphatic heterocycles. The molecule has 92 valence electrons. The molecule has 1 aromatic heterocycles. The largest absolute Gasteiger partial charge is 0.353 e. The summed E-state index contributed by atoms with van der Waals surface area (Å²) >= 11 is 0. The van der Waals surface area contributed by atoms with E-state index in [2.05, 4.69) is 16.0 Å². The van der Waals surface area contributed by atoms with Crippen LogP contribution in [0.3, 0.4) is 0 Å². The molecule has 1 unspecified atom stereocenters. The Hall–Kier alpha value is -1.70. The lowest BCUT2D eigenvalue weighted by atomic mass is 10.2. The number of hydrogen-bond acceptors (Lipinski definition) is 4. The molecule has 0 aliphatic rings. The van der Waals surface area contributed by atoms with E-state index in [1.54, 1.807) is 4.90 Å². The average Bonchev–Trinajstić information content (AvgIpc) is 2.36. The first-order valence-electron chi connectivity index (χ1n) is 5.77. The minimum Gasteiger partial charge on any atom is -0.353 e. The molecule has 4 nitrogen and oxygen atoms in total. The third-order valence-electron chi connectivity index (χ3n) is 2.57. The van der Waals surface area contributed by atoms with Crippen molar-refractivity contribution in [3.63, 3.8) is 0 Å². The summed E-state index contributed by atoms with van der Waals surface area (Å²) in [6, 6.07) is 2.14. The number of aromatic nitrogens is 2. The quantitative estimate of drug-likeness (QED) is 0.786. The van der Waals surface area contributed by atoms with Crippen molar-refractivity contribution in [1.29, 1.82) is 5.26 Å². The zero-order valence-electron chi connectivity index (χ0n) is 10.4. The van der Waals surface area contributed by atoms with E-state index in [-0.39, 0.29) is 11.7 Å². The highest BCUT2D eigenvalue weighted by Crippen LogP contribution is 2.19. The highest BCUT2D eigenvalue weighted by molar-refractivity contribution is 5.41. The molecule has 1 atom stereocenters. The van der Waals surface area contributed by atoms with Crippen molar-refractivity contribution in [2.24, 2.45) is 5.92 Å². The minimum absolute atomic E-state index is 0.158. The smallest absolute Gasteiger partial charge is 0.187 e. The molecule has 0 N–H and O–H groups in total. The molecule has 0 amide bonds. The van der Waals surface area contributed by atoms with Crippen LogP contribution in [0.2, 0.25) is 0 Å². The van der Waals surface area contributed by atoms with Gasteiger partial charge in [-0.15, -0.1) is 0 Å². The second-order valence-corrected chi connectivity index (χ2v) is 3.88. The van der Waals surface area contributed by atoms with Crippen LogP contribution in [-0.4, -0.2) is 23.1 Å². The molecular formula is C12H17FN4. The first-order chi connectivity index (χ1) is 8.13. The average molecular weight is 236 g/mol. The van der Waals surface area contributed by atoms with Crippen molar-refractivity contribution in [1.82, 2.24) is 9.97 Å². The van der Waals surface area contributed by atoms with E-state index in [9.17, 15) is 4.39 Å². The van der Waals surface area contributed by atoms with Gasteiger partial charge in [-0.05, 0) is 20.3 Å². The van der Waals surface area contributed by atoms with Crippen LogP contribution in [0.15, 0.2) is 6.33 Å². The van der Waals surface area contributed by atoms with Crippen LogP contribution in [0.1, 0.15) is 26.5 Å². The molecular weight excluding hydrogens is 219 g/mol. The molecule has 5 heteroatoms. The van der Waals surface area contributed by atoms with Crippen LogP contribution in [0.25, 0.3) is 0 Å². The number of anilines is 1. The predicted octanol–water partition coefficient (Wildman–Crippen LogP) is 2.16. The molecule has 0 radical (unpaired) electrons. The molecule has 1 rings (SSSR count). The van der Waals surface area contributed by atoms with Crippen molar-refractivity contribution < 1.29 is 4.39 Å². The summed E-state index contributed by atoms with van der Waals surface area (Å²) in [7, 11) is 0. The third kappa shape index (κ3) is 3.13. The zero-order chi connectivity index (χ0) is 12.8. The van der Waals surface area contributed by atoms with Crippen molar-refractivity contribution in [2.75, 3.05) is 18.0 Å². The van der Waals surface area contributed by atoms with E-state index in [1.165, 1.54) is 6.33 Å².